The van der Waals surface area contributed by atoms with Crippen LogP contribution in [0.15, 0.2) is 63.9 Å². The number of hydrogen-bond acceptors (Lipinski definition) is 7. The Morgan fingerprint density at radius 1 is 0.870 bits per heavy atom. The SMILES string of the molecule is C=C(C)C(=O)OCC(F)(F)OC(F)(F)OC(F)(F)OC(F)(F)CSc1ccc2cc(-c3ccc(CCCCC)cc3CC)oc2c1. The van der Waals surface area contributed by atoms with Crippen molar-refractivity contribution in [1.29, 1.82) is 0 Å². The van der Waals surface area contributed by atoms with E-state index in [0.29, 0.717) is 28.5 Å². The molecule has 0 saturated carbocycles. The van der Waals surface area contributed by atoms with Gasteiger partial charge in [-0.1, -0.05) is 51.5 Å². The highest BCUT2D eigenvalue weighted by molar-refractivity contribution is 7.99. The number of carbonyl (C=O) groups is 1. The summed E-state index contributed by atoms with van der Waals surface area (Å²) in [5.41, 5.74) is 3.07. The van der Waals surface area contributed by atoms with E-state index in [4.69, 9.17) is 4.42 Å². The molecule has 0 unspecified atom stereocenters. The molecule has 3 aromatic rings. The van der Waals surface area contributed by atoms with Crippen molar-refractivity contribution in [3.05, 3.63) is 65.7 Å². The monoisotopic (exact) mass is 684 g/mol. The molecule has 0 saturated heterocycles. The molecule has 0 radical (unpaired) electrons. The van der Waals surface area contributed by atoms with Crippen molar-refractivity contribution in [3.8, 4) is 11.3 Å². The molecule has 0 fully saturated rings. The minimum absolute atomic E-state index is 0.139. The lowest BCUT2D eigenvalue weighted by molar-refractivity contribution is -0.572. The number of halogens is 8. The van der Waals surface area contributed by atoms with E-state index in [1.54, 1.807) is 12.1 Å². The summed E-state index contributed by atoms with van der Waals surface area (Å²) in [4.78, 5) is 11.3. The van der Waals surface area contributed by atoms with Crippen LogP contribution in [0.5, 0.6) is 0 Å². The number of esters is 1. The first-order valence-electron chi connectivity index (χ1n) is 14.1. The van der Waals surface area contributed by atoms with Crippen LogP contribution < -0.4 is 0 Å². The molecule has 6 nitrogen and oxygen atoms in total. The molecule has 0 atom stereocenters. The van der Waals surface area contributed by atoms with Crippen molar-refractivity contribution >= 4 is 28.7 Å². The van der Waals surface area contributed by atoms with Crippen LogP contribution in [0.1, 0.15) is 51.2 Å². The molecule has 2 aromatic carbocycles. The Hall–Kier alpha value is -3.14. The van der Waals surface area contributed by atoms with Crippen LogP contribution in [0, 0.1) is 0 Å². The lowest BCUT2D eigenvalue weighted by Crippen LogP contribution is -2.46. The predicted octanol–water partition coefficient (Wildman–Crippen LogP) is 9.94. The third kappa shape index (κ3) is 11.3. The van der Waals surface area contributed by atoms with E-state index >= 15 is 0 Å². The standard InChI is InChI=1S/C31H32F8O6S/c1-5-7-8-9-20-10-13-24(21(6-2)14-20)26-15-22-11-12-23(16-25(22)42-26)46-18-29(34,35)44-31(38,39)45-30(36,37)43-28(32,33)17-41-27(40)19(3)4/h10-16H,3,5-9,17-18H2,1-2,4H3. The lowest BCUT2D eigenvalue weighted by atomic mass is 9.97. The van der Waals surface area contributed by atoms with Gasteiger partial charge >= 0.3 is 30.8 Å². The lowest BCUT2D eigenvalue weighted by Gasteiger charge is -2.27. The van der Waals surface area contributed by atoms with E-state index in [2.05, 4.69) is 38.5 Å². The minimum Gasteiger partial charge on any atom is -0.456 e. The number of ether oxygens (including phenoxy) is 4. The number of carbonyl (C=O) groups excluding carboxylic acids is 1. The fraction of sp³-hybridized carbons (Fsp3) is 0.452. The zero-order chi connectivity index (χ0) is 34.3. The highest BCUT2D eigenvalue weighted by atomic mass is 32.2. The maximum absolute atomic E-state index is 14.2. The summed E-state index contributed by atoms with van der Waals surface area (Å²) in [7, 11) is 0. The number of alkyl halides is 8. The number of unbranched alkanes of at least 4 members (excludes halogenated alkanes) is 2. The van der Waals surface area contributed by atoms with E-state index in [9.17, 15) is 39.9 Å². The molecule has 1 aromatic heterocycles. The first-order valence-corrected chi connectivity index (χ1v) is 15.1. The van der Waals surface area contributed by atoms with Gasteiger partial charge in [0.1, 0.15) is 11.3 Å². The van der Waals surface area contributed by atoms with Crippen molar-refractivity contribution in [2.75, 3.05) is 12.4 Å². The molecular weight excluding hydrogens is 652 g/mol. The molecule has 0 aliphatic carbocycles. The van der Waals surface area contributed by atoms with Crippen molar-refractivity contribution in [1.82, 2.24) is 0 Å². The second kappa shape index (κ2) is 15.2. The first kappa shape index (κ1) is 37.3. The van der Waals surface area contributed by atoms with E-state index in [1.807, 2.05) is 19.1 Å². The number of hydrogen-bond donors (Lipinski definition) is 0. The summed E-state index contributed by atoms with van der Waals surface area (Å²) in [5, 5.41) is 0.643. The van der Waals surface area contributed by atoms with Gasteiger partial charge in [-0.3, -0.25) is 0 Å². The highest BCUT2D eigenvalue weighted by Crippen LogP contribution is 2.39. The Kier molecular flexibility index (Phi) is 12.3. The molecular formula is C31H32F8O6S. The van der Waals surface area contributed by atoms with Crippen LogP contribution in [0.3, 0.4) is 0 Å². The Morgan fingerprint density at radius 3 is 2.17 bits per heavy atom. The summed E-state index contributed by atoms with van der Waals surface area (Å²) in [6.07, 6.45) is -16.5. The predicted molar refractivity (Wildman–Crippen MR) is 154 cm³/mol. The van der Waals surface area contributed by atoms with Crippen LogP contribution in [0.2, 0.25) is 0 Å². The Bertz CT molecular complexity index is 1510. The molecule has 0 aliphatic heterocycles. The topological polar surface area (TPSA) is 67.1 Å². The quantitative estimate of drug-likeness (QED) is 0.0330. The summed E-state index contributed by atoms with van der Waals surface area (Å²) in [6.45, 7) is 6.12. The second-order valence-corrected chi connectivity index (χ2v) is 11.3. The Morgan fingerprint density at radius 2 is 1.54 bits per heavy atom. The Labute approximate surface area is 264 Å². The number of rotatable bonds is 18. The van der Waals surface area contributed by atoms with Gasteiger partial charge in [0.2, 0.25) is 0 Å². The van der Waals surface area contributed by atoms with Crippen LogP contribution in [0.25, 0.3) is 22.3 Å². The minimum atomic E-state index is -5.85. The number of thioether (sulfide) groups is 1. The van der Waals surface area contributed by atoms with E-state index in [1.165, 1.54) is 17.7 Å². The third-order valence-corrected chi connectivity index (χ3v) is 7.34. The van der Waals surface area contributed by atoms with Gasteiger partial charge in [0, 0.05) is 21.4 Å². The number of benzene rings is 2. The van der Waals surface area contributed by atoms with Gasteiger partial charge in [-0.2, -0.15) is 17.6 Å². The van der Waals surface area contributed by atoms with Crippen molar-refractivity contribution in [3.63, 3.8) is 0 Å². The molecule has 0 spiro atoms. The van der Waals surface area contributed by atoms with Gasteiger partial charge in [0.15, 0.2) is 6.61 Å². The van der Waals surface area contributed by atoms with Gasteiger partial charge in [-0.05, 0) is 61.6 Å². The summed E-state index contributed by atoms with van der Waals surface area (Å²) < 4.78 is 129. The summed E-state index contributed by atoms with van der Waals surface area (Å²) >= 11 is 0.328. The van der Waals surface area contributed by atoms with E-state index < -0.39 is 43.1 Å². The van der Waals surface area contributed by atoms with Crippen LogP contribution >= 0.6 is 11.8 Å². The number of furan rings is 1. The molecule has 46 heavy (non-hydrogen) atoms. The average molecular weight is 685 g/mol. The number of fused-ring (bicyclic) bond motifs is 1. The molecule has 1 heterocycles. The van der Waals surface area contributed by atoms with Gasteiger partial charge in [0.05, 0.1) is 5.75 Å². The van der Waals surface area contributed by atoms with Gasteiger partial charge in [-0.25, -0.2) is 19.0 Å². The molecule has 15 heteroatoms. The van der Waals surface area contributed by atoms with Gasteiger partial charge < -0.3 is 9.15 Å². The zero-order valence-electron chi connectivity index (χ0n) is 25.1. The normalized spacial score (nSPS) is 12.9. The Balaban J connectivity index is 1.63. The number of aryl methyl sites for hydroxylation is 2. The molecule has 3 rings (SSSR count). The third-order valence-electron chi connectivity index (χ3n) is 6.28. The van der Waals surface area contributed by atoms with E-state index in [-0.39, 0.29) is 10.5 Å². The van der Waals surface area contributed by atoms with Crippen LogP contribution in [0.4, 0.5) is 35.1 Å². The van der Waals surface area contributed by atoms with Crippen LogP contribution in [-0.2, 0) is 36.6 Å². The molecule has 0 aliphatic rings. The maximum atomic E-state index is 14.2. The fourth-order valence-corrected chi connectivity index (χ4v) is 4.92. The highest BCUT2D eigenvalue weighted by Gasteiger charge is 2.56. The van der Waals surface area contributed by atoms with Crippen molar-refractivity contribution in [2.24, 2.45) is 0 Å². The maximum Gasteiger partial charge on any atom is 0.496 e. The first-order chi connectivity index (χ1) is 21.3. The molecule has 0 amide bonds. The van der Waals surface area contributed by atoms with Gasteiger partial charge in [-0.15, -0.1) is 29.3 Å². The van der Waals surface area contributed by atoms with Crippen molar-refractivity contribution < 1.29 is 63.3 Å². The summed E-state index contributed by atoms with van der Waals surface area (Å²) in [5.74, 6) is -2.38. The molecule has 254 valence electrons. The second-order valence-electron chi connectivity index (χ2n) is 10.3. The zero-order valence-corrected chi connectivity index (χ0v) is 25.9. The largest absolute Gasteiger partial charge is 0.496 e. The average Bonchev–Trinajstić information content (AvgIpc) is 3.36. The van der Waals surface area contributed by atoms with Crippen molar-refractivity contribution in [2.45, 2.75) is 82.6 Å². The molecule has 0 bridgehead atoms. The van der Waals surface area contributed by atoms with Gasteiger partial charge in [0.25, 0.3) is 0 Å². The molecule has 0 N–H and O–H groups in total. The smallest absolute Gasteiger partial charge is 0.456 e. The van der Waals surface area contributed by atoms with E-state index in [0.717, 1.165) is 50.2 Å². The fourth-order valence-electron chi connectivity index (χ4n) is 4.18. The summed E-state index contributed by atoms with van der Waals surface area (Å²) in [6, 6.07) is 12.3. The van der Waals surface area contributed by atoms with Crippen LogP contribution in [-0.4, -0.2) is 43.1 Å².